The van der Waals surface area contributed by atoms with E-state index in [-0.39, 0.29) is 10.6 Å². The van der Waals surface area contributed by atoms with Gasteiger partial charge in [-0.2, -0.15) is 0 Å². The highest BCUT2D eigenvalue weighted by molar-refractivity contribution is 9.10. The molecule has 0 unspecified atom stereocenters. The van der Waals surface area contributed by atoms with E-state index in [1.54, 1.807) is 12.1 Å². The third-order valence-corrected chi connectivity index (χ3v) is 4.52. The summed E-state index contributed by atoms with van der Waals surface area (Å²) in [6.07, 6.45) is 0. The van der Waals surface area contributed by atoms with Crippen molar-refractivity contribution in [3.05, 3.63) is 62.1 Å². The lowest BCUT2D eigenvalue weighted by molar-refractivity contribution is -0.385. The lowest BCUT2D eigenvalue weighted by Crippen LogP contribution is -2.19. The van der Waals surface area contributed by atoms with E-state index in [1.807, 2.05) is 30.1 Å². The minimum Gasteiger partial charge on any atom is -0.486 e. The van der Waals surface area contributed by atoms with Crippen molar-refractivity contribution in [1.29, 1.82) is 0 Å². The van der Waals surface area contributed by atoms with E-state index in [9.17, 15) is 10.1 Å². The minimum atomic E-state index is -0.344. The third-order valence-electron chi connectivity index (χ3n) is 3.78. The van der Waals surface area contributed by atoms with Crippen LogP contribution in [0.3, 0.4) is 0 Å². The van der Waals surface area contributed by atoms with Crippen molar-refractivity contribution in [1.82, 2.24) is 4.90 Å². The van der Waals surface area contributed by atoms with Crippen molar-refractivity contribution < 1.29 is 14.4 Å². The molecule has 0 amide bonds. The predicted octanol–water partition coefficient (Wildman–Crippen LogP) is 3.76. The van der Waals surface area contributed by atoms with E-state index in [1.165, 1.54) is 6.07 Å². The molecule has 0 bridgehead atoms. The molecule has 2 aromatic carbocycles. The van der Waals surface area contributed by atoms with Crippen LogP contribution in [0.15, 0.2) is 40.9 Å². The molecule has 7 heteroatoms. The number of ether oxygens (including phenoxy) is 2. The number of hydrogen-bond donors (Lipinski definition) is 0. The monoisotopic (exact) mass is 392 g/mol. The molecule has 24 heavy (non-hydrogen) atoms. The first kappa shape index (κ1) is 16.7. The number of para-hydroxylation sites is 1. The van der Waals surface area contributed by atoms with Crippen molar-refractivity contribution in [2.45, 2.75) is 13.1 Å². The second kappa shape index (κ2) is 7.19. The molecule has 0 aromatic heterocycles. The molecule has 1 aliphatic heterocycles. The Balaban J connectivity index is 1.76. The summed E-state index contributed by atoms with van der Waals surface area (Å²) in [5.41, 5.74) is 1.88. The Morgan fingerprint density at radius 2 is 1.75 bits per heavy atom. The molecule has 0 aliphatic carbocycles. The van der Waals surface area contributed by atoms with Gasteiger partial charge in [-0.25, -0.2) is 0 Å². The first-order valence-electron chi connectivity index (χ1n) is 7.53. The van der Waals surface area contributed by atoms with Gasteiger partial charge in [-0.3, -0.25) is 15.0 Å². The fraction of sp³-hybridized carbons (Fsp3) is 0.294. The van der Waals surface area contributed by atoms with Gasteiger partial charge in [0.2, 0.25) is 0 Å². The number of fused-ring (bicyclic) bond motifs is 1. The van der Waals surface area contributed by atoms with Gasteiger partial charge in [0.1, 0.15) is 13.2 Å². The molecule has 0 atom stereocenters. The fourth-order valence-electron chi connectivity index (χ4n) is 2.69. The highest BCUT2D eigenvalue weighted by Crippen LogP contribution is 2.36. The topological polar surface area (TPSA) is 64.8 Å². The van der Waals surface area contributed by atoms with Crippen molar-refractivity contribution in [2.75, 3.05) is 20.3 Å². The standard InChI is InChI=1S/C17H17BrN2O4/c1-19(10-12-4-2-3-5-15(12)20(21)22)11-13-8-16-17(9-14(13)18)24-7-6-23-16/h2-5,8-9H,6-7,10-11H2,1H3. The van der Waals surface area contributed by atoms with Crippen LogP contribution in [0.4, 0.5) is 5.69 Å². The molecular formula is C17H17BrN2O4. The number of halogens is 1. The lowest BCUT2D eigenvalue weighted by atomic mass is 10.1. The number of benzene rings is 2. The van der Waals surface area contributed by atoms with E-state index in [0.717, 1.165) is 21.5 Å². The maximum absolute atomic E-state index is 11.1. The number of nitrogens with zero attached hydrogens (tertiary/aromatic N) is 2. The molecule has 0 N–H and O–H groups in total. The zero-order valence-corrected chi connectivity index (χ0v) is 14.8. The molecule has 6 nitrogen and oxygen atoms in total. The summed E-state index contributed by atoms with van der Waals surface area (Å²) < 4.78 is 12.1. The minimum absolute atomic E-state index is 0.144. The van der Waals surface area contributed by atoms with Crippen LogP contribution in [0.5, 0.6) is 11.5 Å². The van der Waals surface area contributed by atoms with Crippen LogP contribution in [0, 0.1) is 10.1 Å². The Hall–Kier alpha value is -2.12. The van der Waals surface area contributed by atoms with Gasteiger partial charge in [0.15, 0.2) is 11.5 Å². The molecule has 1 aliphatic rings. The van der Waals surface area contributed by atoms with Gasteiger partial charge in [0, 0.05) is 29.2 Å². The van der Waals surface area contributed by atoms with Crippen LogP contribution in [0.2, 0.25) is 0 Å². The van der Waals surface area contributed by atoms with E-state index in [4.69, 9.17) is 9.47 Å². The second-order valence-corrected chi connectivity index (χ2v) is 6.50. The number of rotatable bonds is 5. The number of nitro groups is 1. The number of hydrogen-bond acceptors (Lipinski definition) is 5. The Morgan fingerprint density at radius 3 is 2.46 bits per heavy atom. The van der Waals surface area contributed by atoms with Crippen LogP contribution in [0.1, 0.15) is 11.1 Å². The van der Waals surface area contributed by atoms with Crippen molar-refractivity contribution in [2.24, 2.45) is 0 Å². The van der Waals surface area contributed by atoms with Gasteiger partial charge in [-0.15, -0.1) is 0 Å². The van der Waals surface area contributed by atoms with Crippen molar-refractivity contribution in [3.8, 4) is 11.5 Å². The summed E-state index contributed by atoms with van der Waals surface area (Å²) in [6.45, 7) is 2.21. The summed E-state index contributed by atoms with van der Waals surface area (Å²) in [7, 11) is 1.93. The quantitative estimate of drug-likeness (QED) is 0.572. The van der Waals surface area contributed by atoms with Gasteiger partial charge >= 0.3 is 0 Å². The summed E-state index contributed by atoms with van der Waals surface area (Å²) in [5, 5.41) is 11.1. The normalized spacial score (nSPS) is 13.1. The highest BCUT2D eigenvalue weighted by atomic mass is 79.9. The van der Waals surface area contributed by atoms with E-state index >= 15 is 0 Å². The SMILES string of the molecule is CN(Cc1cc2c(cc1Br)OCCO2)Cc1ccccc1[N+](=O)[O-]. The third kappa shape index (κ3) is 3.68. The fourth-order valence-corrected chi connectivity index (χ4v) is 3.14. The van der Waals surface area contributed by atoms with Crippen LogP contribution >= 0.6 is 15.9 Å². The number of nitro benzene ring substituents is 1. The summed E-state index contributed by atoms with van der Waals surface area (Å²) >= 11 is 3.56. The smallest absolute Gasteiger partial charge is 0.273 e. The van der Waals surface area contributed by atoms with Gasteiger partial charge in [-0.05, 0) is 24.7 Å². The summed E-state index contributed by atoms with van der Waals surface area (Å²) in [6, 6.07) is 10.7. The molecular weight excluding hydrogens is 376 g/mol. The molecule has 0 fully saturated rings. The molecule has 0 spiro atoms. The van der Waals surface area contributed by atoms with E-state index in [0.29, 0.717) is 31.9 Å². The largest absolute Gasteiger partial charge is 0.486 e. The molecule has 3 rings (SSSR count). The lowest BCUT2D eigenvalue weighted by Gasteiger charge is -2.22. The average Bonchev–Trinajstić information content (AvgIpc) is 2.55. The van der Waals surface area contributed by atoms with Crippen LogP contribution < -0.4 is 9.47 Å². The second-order valence-electron chi connectivity index (χ2n) is 5.65. The zero-order valence-electron chi connectivity index (χ0n) is 13.2. The van der Waals surface area contributed by atoms with Gasteiger partial charge in [-0.1, -0.05) is 34.1 Å². The van der Waals surface area contributed by atoms with Crippen LogP contribution in [-0.4, -0.2) is 30.1 Å². The molecule has 0 saturated carbocycles. The van der Waals surface area contributed by atoms with E-state index < -0.39 is 0 Å². The molecule has 2 aromatic rings. The Bertz CT molecular complexity index is 766. The van der Waals surface area contributed by atoms with Gasteiger partial charge < -0.3 is 9.47 Å². The molecule has 1 heterocycles. The maximum Gasteiger partial charge on any atom is 0.273 e. The summed E-state index contributed by atoms with van der Waals surface area (Å²) in [5.74, 6) is 1.47. The Kier molecular flexibility index (Phi) is 5.01. The molecule has 126 valence electrons. The Morgan fingerprint density at radius 1 is 1.12 bits per heavy atom. The van der Waals surface area contributed by atoms with Crippen LogP contribution in [-0.2, 0) is 13.1 Å². The predicted molar refractivity (Wildman–Crippen MR) is 93.4 cm³/mol. The van der Waals surface area contributed by atoms with E-state index in [2.05, 4.69) is 15.9 Å². The van der Waals surface area contributed by atoms with Gasteiger partial charge in [0.05, 0.1) is 4.92 Å². The average molecular weight is 393 g/mol. The Labute approximate surface area is 148 Å². The highest BCUT2D eigenvalue weighted by Gasteiger charge is 2.17. The van der Waals surface area contributed by atoms with Gasteiger partial charge in [0.25, 0.3) is 5.69 Å². The molecule has 0 saturated heterocycles. The summed E-state index contributed by atoms with van der Waals surface area (Å²) in [4.78, 5) is 12.8. The van der Waals surface area contributed by atoms with Crippen molar-refractivity contribution in [3.63, 3.8) is 0 Å². The first-order valence-corrected chi connectivity index (χ1v) is 8.33. The first-order chi connectivity index (χ1) is 11.5. The maximum atomic E-state index is 11.1. The van der Waals surface area contributed by atoms with Crippen molar-refractivity contribution >= 4 is 21.6 Å². The van der Waals surface area contributed by atoms with Crippen LogP contribution in [0.25, 0.3) is 0 Å². The molecule has 0 radical (unpaired) electrons. The zero-order chi connectivity index (χ0) is 17.1.